The molecule has 3 N–H and O–H groups in total. The SMILES string of the molecule is COC(=O)[C@@H]1NC(=O)[C@@H]1NC(=O)Cc1csc(NC(=O)CCl)n1. The number of halogens is 1. The Hall–Kier alpha value is -2.20. The van der Waals surface area contributed by atoms with E-state index in [9.17, 15) is 19.2 Å². The lowest BCUT2D eigenvalue weighted by molar-refractivity contribution is -0.153. The fourth-order valence-electron chi connectivity index (χ4n) is 1.84. The van der Waals surface area contributed by atoms with Gasteiger partial charge in [0, 0.05) is 5.38 Å². The fraction of sp³-hybridized carbons (Fsp3) is 0.417. The molecule has 0 saturated carbocycles. The van der Waals surface area contributed by atoms with Gasteiger partial charge in [-0.3, -0.25) is 14.4 Å². The van der Waals surface area contributed by atoms with Crippen molar-refractivity contribution in [1.82, 2.24) is 15.6 Å². The van der Waals surface area contributed by atoms with Crippen LogP contribution in [0.1, 0.15) is 5.69 Å². The first-order valence-electron chi connectivity index (χ1n) is 6.42. The molecule has 0 spiro atoms. The van der Waals surface area contributed by atoms with Crippen molar-refractivity contribution in [3.05, 3.63) is 11.1 Å². The van der Waals surface area contributed by atoms with E-state index in [0.717, 1.165) is 11.3 Å². The first-order chi connectivity index (χ1) is 10.9. The van der Waals surface area contributed by atoms with Crippen molar-refractivity contribution in [2.45, 2.75) is 18.5 Å². The monoisotopic (exact) mass is 360 g/mol. The molecule has 1 saturated heterocycles. The minimum absolute atomic E-state index is 0.0923. The third-order valence-electron chi connectivity index (χ3n) is 2.95. The highest BCUT2D eigenvalue weighted by atomic mass is 35.5. The maximum atomic E-state index is 11.9. The Labute approximate surface area is 139 Å². The van der Waals surface area contributed by atoms with E-state index in [2.05, 4.69) is 25.7 Å². The lowest BCUT2D eigenvalue weighted by Crippen LogP contribution is -2.72. The summed E-state index contributed by atoms with van der Waals surface area (Å²) in [5, 5.41) is 9.18. The van der Waals surface area contributed by atoms with Crippen LogP contribution in [-0.4, -0.2) is 53.7 Å². The topological polar surface area (TPSA) is 126 Å². The van der Waals surface area contributed by atoms with Gasteiger partial charge in [0.25, 0.3) is 0 Å². The number of amides is 3. The normalized spacial score (nSPS) is 19.3. The summed E-state index contributed by atoms with van der Waals surface area (Å²) in [6, 6.07) is -1.84. The van der Waals surface area contributed by atoms with Gasteiger partial charge in [0.2, 0.25) is 17.7 Å². The average Bonchev–Trinajstić information content (AvgIpc) is 2.96. The van der Waals surface area contributed by atoms with Gasteiger partial charge in [0.1, 0.15) is 11.9 Å². The van der Waals surface area contributed by atoms with Crippen LogP contribution in [0.2, 0.25) is 0 Å². The molecule has 3 amide bonds. The third kappa shape index (κ3) is 4.17. The average molecular weight is 361 g/mol. The molecule has 11 heteroatoms. The maximum Gasteiger partial charge on any atom is 0.331 e. The largest absolute Gasteiger partial charge is 0.467 e. The molecule has 2 atom stereocenters. The van der Waals surface area contributed by atoms with Crippen LogP contribution < -0.4 is 16.0 Å². The van der Waals surface area contributed by atoms with E-state index in [1.807, 2.05) is 0 Å². The molecule has 1 aromatic rings. The molecule has 2 rings (SSSR count). The zero-order valence-corrected chi connectivity index (χ0v) is 13.5. The highest BCUT2D eigenvalue weighted by Gasteiger charge is 2.45. The first-order valence-corrected chi connectivity index (χ1v) is 7.83. The summed E-state index contributed by atoms with van der Waals surface area (Å²) in [4.78, 5) is 49.9. The molecule has 0 radical (unpaired) electrons. The minimum atomic E-state index is -0.955. The highest BCUT2D eigenvalue weighted by molar-refractivity contribution is 7.14. The Morgan fingerprint density at radius 1 is 1.43 bits per heavy atom. The molecule has 0 bridgehead atoms. The number of nitrogens with one attached hydrogen (secondary N) is 3. The van der Waals surface area contributed by atoms with Gasteiger partial charge in [-0.2, -0.15) is 0 Å². The van der Waals surface area contributed by atoms with E-state index in [-0.39, 0.29) is 12.3 Å². The molecule has 9 nitrogen and oxygen atoms in total. The van der Waals surface area contributed by atoms with E-state index in [0.29, 0.717) is 10.8 Å². The van der Waals surface area contributed by atoms with E-state index < -0.39 is 35.8 Å². The van der Waals surface area contributed by atoms with Gasteiger partial charge in [0.05, 0.1) is 19.2 Å². The Morgan fingerprint density at radius 3 is 2.78 bits per heavy atom. The summed E-state index contributed by atoms with van der Waals surface area (Å²) in [5.41, 5.74) is 0.423. The van der Waals surface area contributed by atoms with E-state index in [1.54, 1.807) is 5.38 Å². The molecule has 124 valence electrons. The van der Waals surface area contributed by atoms with Crippen molar-refractivity contribution in [2.75, 3.05) is 18.3 Å². The van der Waals surface area contributed by atoms with Crippen molar-refractivity contribution < 1.29 is 23.9 Å². The van der Waals surface area contributed by atoms with Crippen LogP contribution in [0.25, 0.3) is 0 Å². The molecule has 0 unspecified atom stereocenters. The van der Waals surface area contributed by atoms with Gasteiger partial charge < -0.3 is 20.7 Å². The number of rotatable bonds is 6. The quantitative estimate of drug-likeness (QED) is 0.340. The number of aromatic nitrogens is 1. The number of nitrogens with zero attached hydrogens (tertiary/aromatic N) is 1. The number of esters is 1. The Balaban J connectivity index is 1.88. The van der Waals surface area contributed by atoms with Crippen LogP contribution in [0.3, 0.4) is 0 Å². The number of β-lactam (4-membered cyclic amide) rings is 1. The van der Waals surface area contributed by atoms with Crippen LogP contribution in [0.5, 0.6) is 0 Å². The molecule has 1 aliphatic rings. The van der Waals surface area contributed by atoms with Gasteiger partial charge in [-0.1, -0.05) is 0 Å². The number of anilines is 1. The third-order valence-corrected chi connectivity index (χ3v) is 4.00. The molecular weight excluding hydrogens is 348 g/mol. The second-order valence-corrected chi connectivity index (χ2v) is 5.68. The number of ether oxygens (including phenoxy) is 1. The van der Waals surface area contributed by atoms with Crippen molar-refractivity contribution in [2.24, 2.45) is 0 Å². The van der Waals surface area contributed by atoms with Crippen LogP contribution in [-0.2, 0) is 30.3 Å². The van der Waals surface area contributed by atoms with Gasteiger partial charge in [-0.15, -0.1) is 22.9 Å². The summed E-state index contributed by atoms with van der Waals surface area (Å²) >= 11 is 6.51. The number of carbonyl (C=O) groups excluding carboxylic acids is 4. The predicted molar refractivity (Wildman–Crippen MR) is 81.0 cm³/mol. The van der Waals surface area contributed by atoms with Crippen molar-refractivity contribution in [3.63, 3.8) is 0 Å². The van der Waals surface area contributed by atoms with Crippen LogP contribution in [0, 0.1) is 0 Å². The number of hydrogen-bond acceptors (Lipinski definition) is 7. The summed E-state index contributed by atoms with van der Waals surface area (Å²) in [7, 11) is 1.19. The lowest BCUT2D eigenvalue weighted by atomic mass is 9.99. The second-order valence-electron chi connectivity index (χ2n) is 4.56. The van der Waals surface area contributed by atoms with Crippen molar-refractivity contribution in [1.29, 1.82) is 0 Å². The smallest absolute Gasteiger partial charge is 0.331 e. The van der Waals surface area contributed by atoms with Gasteiger partial charge in [-0.05, 0) is 0 Å². The number of alkyl halides is 1. The second kappa shape index (κ2) is 7.38. The minimum Gasteiger partial charge on any atom is -0.467 e. The number of carbonyl (C=O) groups is 4. The molecule has 0 aliphatic carbocycles. The Morgan fingerprint density at radius 2 is 2.17 bits per heavy atom. The summed E-state index contributed by atoms with van der Waals surface area (Å²) in [6.07, 6.45) is -0.0923. The molecule has 1 aliphatic heterocycles. The Bertz CT molecular complexity index is 649. The summed E-state index contributed by atoms with van der Waals surface area (Å²) in [5.74, 6) is -2.15. The van der Waals surface area contributed by atoms with E-state index in [1.165, 1.54) is 7.11 Å². The van der Waals surface area contributed by atoms with Gasteiger partial charge >= 0.3 is 5.97 Å². The van der Waals surface area contributed by atoms with Crippen molar-refractivity contribution in [3.8, 4) is 0 Å². The zero-order valence-electron chi connectivity index (χ0n) is 11.9. The molecule has 2 heterocycles. The molecule has 23 heavy (non-hydrogen) atoms. The molecule has 1 fully saturated rings. The zero-order chi connectivity index (χ0) is 17.0. The highest BCUT2D eigenvalue weighted by Crippen LogP contribution is 2.16. The maximum absolute atomic E-state index is 11.9. The Kier molecular flexibility index (Phi) is 5.50. The van der Waals surface area contributed by atoms with Crippen LogP contribution in [0.15, 0.2) is 5.38 Å². The van der Waals surface area contributed by atoms with Crippen LogP contribution in [0.4, 0.5) is 5.13 Å². The summed E-state index contributed by atoms with van der Waals surface area (Å²) < 4.78 is 4.52. The fourth-order valence-corrected chi connectivity index (χ4v) is 2.63. The number of thiazole rings is 1. The van der Waals surface area contributed by atoms with Crippen molar-refractivity contribution >= 4 is 51.8 Å². The van der Waals surface area contributed by atoms with Gasteiger partial charge in [0.15, 0.2) is 11.2 Å². The van der Waals surface area contributed by atoms with Gasteiger partial charge in [-0.25, -0.2) is 9.78 Å². The van der Waals surface area contributed by atoms with E-state index in [4.69, 9.17) is 11.6 Å². The number of hydrogen-bond donors (Lipinski definition) is 3. The molecule has 1 aromatic heterocycles. The molecular formula is C12H13ClN4O5S. The van der Waals surface area contributed by atoms with Crippen LogP contribution >= 0.6 is 22.9 Å². The standard InChI is InChI=1S/C12H13ClN4O5S/c1-22-11(21)9-8(10(20)17-9)15-6(18)2-5-4-23-12(14-5)16-7(19)3-13/h4,8-9H,2-3H2,1H3,(H,15,18)(H,17,20)(H,14,16,19)/t8-,9-/m1/s1. The van der Waals surface area contributed by atoms with E-state index >= 15 is 0 Å². The molecule has 0 aromatic carbocycles. The summed E-state index contributed by atoms with van der Waals surface area (Å²) in [6.45, 7) is 0. The first kappa shape index (κ1) is 17.2. The lowest BCUT2D eigenvalue weighted by Gasteiger charge is -2.34. The predicted octanol–water partition coefficient (Wildman–Crippen LogP) is -0.981. The number of methoxy groups -OCH3 is 1.